The van der Waals surface area contributed by atoms with Crippen LogP contribution >= 0.6 is 0 Å². The van der Waals surface area contributed by atoms with Gasteiger partial charge >= 0.3 is 0 Å². The molecule has 0 aromatic heterocycles. The minimum absolute atomic E-state index is 0.0586. The molecule has 1 heterocycles. The molecule has 0 radical (unpaired) electrons. The Morgan fingerprint density at radius 3 is 2.46 bits per heavy atom. The number of hydrogen-bond acceptors (Lipinski definition) is 3. The third kappa shape index (κ3) is 9.16. The van der Waals surface area contributed by atoms with E-state index in [-0.39, 0.29) is 6.10 Å². The highest BCUT2D eigenvalue weighted by molar-refractivity contribution is 5.15. The Morgan fingerprint density at radius 1 is 1.04 bits per heavy atom. The highest BCUT2D eigenvalue weighted by atomic mass is 16.3. The number of nitrogens with one attached hydrogen (secondary N) is 1. The van der Waals surface area contributed by atoms with Crippen molar-refractivity contribution in [2.24, 2.45) is 11.8 Å². The number of likely N-dealkylation sites (tertiary alicyclic amines) is 1. The lowest BCUT2D eigenvalue weighted by atomic mass is 9.89. The van der Waals surface area contributed by atoms with Crippen molar-refractivity contribution in [1.82, 2.24) is 10.2 Å². The zero-order chi connectivity index (χ0) is 18.6. The molecule has 2 N–H and O–H groups in total. The lowest BCUT2D eigenvalue weighted by molar-refractivity contribution is 0.0821. The van der Waals surface area contributed by atoms with E-state index in [2.05, 4.69) is 54.4 Å². The van der Waals surface area contributed by atoms with Crippen LogP contribution in [0.5, 0.6) is 0 Å². The number of nitrogens with zero attached hydrogens (tertiary/aromatic N) is 1. The van der Waals surface area contributed by atoms with Gasteiger partial charge in [0.05, 0.1) is 6.10 Å². The van der Waals surface area contributed by atoms with Gasteiger partial charge in [0.1, 0.15) is 0 Å². The summed E-state index contributed by atoms with van der Waals surface area (Å²) in [5, 5.41) is 13.2. The van der Waals surface area contributed by atoms with Gasteiger partial charge in [0.2, 0.25) is 0 Å². The molecule has 0 saturated carbocycles. The molecule has 1 aliphatic rings. The fourth-order valence-electron chi connectivity index (χ4n) is 3.87. The van der Waals surface area contributed by atoms with Crippen molar-refractivity contribution in [3.63, 3.8) is 0 Å². The normalized spacial score (nSPS) is 17.7. The number of hydrogen-bond donors (Lipinski definition) is 2. The average molecular weight is 361 g/mol. The molecule has 26 heavy (non-hydrogen) atoms. The van der Waals surface area contributed by atoms with E-state index in [4.69, 9.17) is 0 Å². The number of piperidine rings is 1. The van der Waals surface area contributed by atoms with Gasteiger partial charge in [-0.05, 0) is 75.6 Å². The van der Waals surface area contributed by atoms with Crippen LogP contribution < -0.4 is 5.32 Å². The van der Waals surface area contributed by atoms with Crippen molar-refractivity contribution in [3.05, 3.63) is 35.9 Å². The second-order valence-electron chi connectivity index (χ2n) is 8.49. The maximum Gasteiger partial charge on any atom is 0.0564 e. The van der Waals surface area contributed by atoms with Crippen LogP contribution in [0.3, 0.4) is 0 Å². The van der Waals surface area contributed by atoms with Crippen LogP contribution in [0.1, 0.15) is 57.9 Å². The zero-order valence-corrected chi connectivity index (χ0v) is 17.0. The quantitative estimate of drug-likeness (QED) is 0.551. The Kier molecular flexibility index (Phi) is 10.3. The van der Waals surface area contributed by atoms with E-state index in [1.807, 2.05) is 0 Å². The Balaban J connectivity index is 1.60. The van der Waals surface area contributed by atoms with Crippen LogP contribution in [0, 0.1) is 11.8 Å². The summed E-state index contributed by atoms with van der Waals surface area (Å²) < 4.78 is 0. The fraction of sp³-hybridized carbons (Fsp3) is 0.739. The number of aliphatic hydroxyl groups excluding tert-OH is 1. The second-order valence-corrected chi connectivity index (χ2v) is 8.49. The molecule has 1 aliphatic heterocycles. The Hall–Kier alpha value is -0.900. The molecule has 1 aromatic carbocycles. The lowest BCUT2D eigenvalue weighted by Crippen LogP contribution is -2.37. The van der Waals surface area contributed by atoms with Crippen LogP contribution in [-0.4, -0.2) is 48.8 Å². The van der Waals surface area contributed by atoms with Gasteiger partial charge in [-0.3, -0.25) is 0 Å². The zero-order valence-electron chi connectivity index (χ0n) is 17.0. The van der Waals surface area contributed by atoms with Gasteiger partial charge in [0, 0.05) is 13.1 Å². The van der Waals surface area contributed by atoms with Gasteiger partial charge in [-0.1, -0.05) is 50.6 Å². The van der Waals surface area contributed by atoms with Crippen molar-refractivity contribution in [1.29, 1.82) is 0 Å². The van der Waals surface area contributed by atoms with Crippen molar-refractivity contribution in [2.45, 2.75) is 64.9 Å². The molecule has 0 bridgehead atoms. The highest BCUT2D eigenvalue weighted by Gasteiger charge is 2.16. The maximum atomic E-state index is 9.57. The van der Waals surface area contributed by atoms with Crippen molar-refractivity contribution >= 4 is 0 Å². The summed E-state index contributed by atoms with van der Waals surface area (Å²) in [6.45, 7) is 10.2. The molecular weight excluding hydrogens is 320 g/mol. The Labute approximate surface area is 161 Å². The third-order valence-corrected chi connectivity index (χ3v) is 5.63. The van der Waals surface area contributed by atoms with Crippen LogP contribution in [0.25, 0.3) is 0 Å². The smallest absolute Gasteiger partial charge is 0.0564 e. The number of benzene rings is 1. The number of rotatable bonds is 12. The second kappa shape index (κ2) is 12.5. The van der Waals surface area contributed by atoms with E-state index in [0.29, 0.717) is 0 Å². The third-order valence-electron chi connectivity index (χ3n) is 5.63. The number of aliphatic hydroxyl groups is 1. The monoisotopic (exact) mass is 360 g/mol. The SMILES string of the molecule is CC(C)CCC(CCNCCCN1CCC(O)CC1)Cc1ccccc1. The van der Waals surface area contributed by atoms with Gasteiger partial charge in [0.15, 0.2) is 0 Å². The maximum absolute atomic E-state index is 9.57. The van der Waals surface area contributed by atoms with Crippen LogP contribution in [-0.2, 0) is 6.42 Å². The van der Waals surface area contributed by atoms with Crippen molar-refractivity contribution < 1.29 is 5.11 Å². The molecule has 3 nitrogen and oxygen atoms in total. The summed E-state index contributed by atoms with van der Waals surface area (Å²) in [6.07, 6.45) is 8.21. The largest absolute Gasteiger partial charge is 0.393 e. The van der Waals surface area contributed by atoms with E-state index in [1.165, 1.54) is 44.2 Å². The summed E-state index contributed by atoms with van der Waals surface area (Å²) in [4.78, 5) is 2.50. The fourth-order valence-corrected chi connectivity index (χ4v) is 3.87. The van der Waals surface area contributed by atoms with Crippen molar-refractivity contribution in [2.75, 3.05) is 32.7 Å². The summed E-state index contributed by atoms with van der Waals surface area (Å²) in [5.41, 5.74) is 1.48. The minimum atomic E-state index is -0.0586. The molecule has 1 atom stereocenters. The average Bonchev–Trinajstić information content (AvgIpc) is 2.64. The van der Waals surface area contributed by atoms with Crippen LogP contribution in [0.15, 0.2) is 30.3 Å². The van der Waals surface area contributed by atoms with E-state index < -0.39 is 0 Å². The van der Waals surface area contributed by atoms with Gasteiger partial charge < -0.3 is 15.3 Å². The molecule has 1 saturated heterocycles. The minimum Gasteiger partial charge on any atom is -0.393 e. The Morgan fingerprint density at radius 2 is 1.77 bits per heavy atom. The van der Waals surface area contributed by atoms with Gasteiger partial charge in [-0.25, -0.2) is 0 Å². The molecule has 1 unspecified atom stereocenters. The van der Waals surface area contributed by atoms with Gasteiger partial charge in [0.25, 0.3) is 0 Å². The van der Waals surface area contributed by atoms with E-state index in [9.17, 15) is 5.11 Å². The summed E-state index contributed by atoms with van der Waals surface area (Å²) in [6, 6.07) is 11.0. The highest BCUT2D eigenvalue weighted by Crippen LogP contribution is 2.20. The first-order chi connectivity index (χ1) is 12.6. The van der Waals surface area contributed by atoms with Gasteiger partial charge in [-0.15, -0.1) is 0 Å². The molecule has 2 rings (SSSR count). The summed E-state index contributed by atoms with van der Waals surface area (Å²) >= 11 is 0. The molecule has 0 amide bonds. The predicted octanol–water partition coefficient (Wildman–Crippen LogP) is 4.11. The molecule has 1 aromatic rings. The predicted molar refractivity (Wildman–Crippen MR) is 111 cm³/mol. The standard InChI is InChI=1S/C23H40N2O/c1-20(2)9-10-22(19-21-7-4-3-5-8-21)11-15-24-14-6-16-25-17-12-23(26)13-18-25/h3-5,7-8,20,22-24,26H,6,9-19H2,1-2H3. The topological polar surface area (TPSA) is 35.5 Å². The first kappa shape index (κ1) is 21.4. The Bertz CT molecular complexity index is 455. The van der Waals surface area contributed by atoms with Crippen LogP contribution in [0.2, 0.25) is 0 Å². The summed E-state index contributed by atoms with van der Waals surface area (Å²) in [5.74, 6) is 1.58. The van der Waals surface area contributed by atoms with E-state index in [0.717, 1.165) is 50.9 Å². The van der Waals surface area contributed by atoms with Crippen LogP contribution in [0.4, 0.5) is 0 Å². The first-order valence-corrected chi connectivity index (χ1v) is 10.8. The molecule has 0 spiro atoms. The molecule has 1 fully saturated rings. The molecule has 0 aliphatic carbocycles. The van der Waals surface area contributed by atoms with E-state index in [1.54, 1.807) is 0 Å². The van der Waals surface area contributed by atoms with Gasteiger partial charge in [-0.2, -0.15) is 0 Å². The molecular formula is C23H40N2O. The molecule has 148 valence electrons. The van der Waals surface area contributed by atoms with Crippen molar-refractivity contribution in [3.8, 4) is 0 Å². The first-order valence-electron chi connectivity index (χ1n) is 10.8. The van der Waals surface area contributed by atoms with E-state index >= 15 is 0 Å². The lowest BCUT2D eigenvalue weighted by Gasteiger charge is -2.29. The molecule has 3 heteroatoms. The summed E-state index contributed by atoms with van der Waals surface area (Å²) in [7, 11) is 0.